The smallest absolute Gasteiger partial charge is 0.254 e. The third kappa shape index (κ3) is 3.86. The Kier molecular flexibility index (Phi) is 4.91. The van der Waals surface area contributed by atoms with Crippen molar-refractivity contribution in [1.82, 2.24) is 14.9 Å². The van der Waals surface area contributed by atoms with Crippen LogP contribution in [-0.4, -0.2) is 21.4 Å². The Bertz CT molecular complexity index is 1050. The molecule has 138 valence electrons. The van der Waals surface area contributed by atoms with Crippen molar-refractivity contribution in [3.8, 4) is 11.4 Å². The fourth-order valence-corrected chi connectivity index (χ4v) is 3.62. The lowest BCUT2D eigenvalue weighted by molar-refractivity contribution is 0.240. The second kappa shape index (κ2) is 7.35. The van der Waals surface area contributed by atoms with Crippen molar-refractivity contribution in [3.05, 3.63) is 79.7 Å². The van der Waals surface area contributed by atoms with Gasteiger partial charge in [-0.1, -0.05) is 29.3 Å². The van der Waals surface area contributed by atoms with Crippen LogP contribution < -0.4 is 11.3 Å². The van der Waals surface area contributed by atoms with Gasteiger partial charge in [0.05, 0.1) is 15.7 Å². The van der Waals surface area contributed by atoms with Crippen molar-refractivity contribution in [2.75, 3.05) is 12.3 Å². The van der Waals surface area contributed by atoms with E-state index in [1.165, 1.54) is 0 Å². The van der Waals surface area contributed by atoms with Gasteiger partial charge in [-0.2, -0.15) is 0 Å². The Hall–Kier alpha value is -2.34. The Balaban J connectivity index is 1.60. The van der Waals surface area contributed by atoms with Crippen LogP contribution in [0.4, 0.5) is 5.69 Å². The van der Waals surface area contributed by atoms with Crippen LogP contribution in [0, 0.1) is 0 Å². The molecule has 0 saturated heterocycles. The quantitative estimate of drug-likeness (QED) is 0.654. The Morgan fingerprint density at radius 3 is 2.63 bits per heavy atom. The molecule has 0 spiro atoms. The molecule has 1 aliphatic rings. The summed E-state index contributed by atoms with van der Waals surface area (Å²) in [4.78, 5) is 22.4. The van der Waals surface area contributed by atoms with E-state index in [9.17, 15) is 4.79 Å². The molecule has 2 heterocycles. The fraction of sp³-hybridized carbons (Fsp3) is 0.200. The summed E-state index contributed by atoms with van der Waals surface area (Å²) < 4.78 is 0. The molecule has 0 saturated carbocycles. The minimum absolute atomic E-state index is 0.0685. The van der Waals surface area contributed by atoms with Crippen LogP contribution in [0.3, 0.4) is 0 Å². The van der Waals surface area contributed by atoms with Gasteiger partial charge in [-0.05, 0) is 48.4 Å². The molecule has 7 heteroatoms. The summed E-state index contributed by atoms with van der Waals surface area (Å²) in [6.45, 7) is 2.13. The zero-order valence-electron chi connectivity index (χ0n) is 14.5. The van der Waals surface area contributed by atoms with E-state index in [1.54, 1.807) is 18.2 Å². The van der Waals surface area contributed by atoms with E-state index in [0.29, 0.717) is 34.5 Å². The van der Waals surface area contributed by atoms with Gasteiger partial charge in [-0.3, -0.25) is 9.69 Å². The summed E-state index contributed by atoms with van der Waals surface area (Å²) in [5.74, 6) is 0.565. The highest BCUT2D eigenvalue weighted by atomic mass is 35.5. The molecule has 0 aliphatic carbocycles. The van der Waals surface area contributed by atoms with E-state index in [0.717, 1.165) is 35.5 Å². The average molecular weight is 401 g/mol. The summed E-state index contributed by atoms with van der Waals surface area (Å²) in [7, 11) is 0. The lowest BCUT2D eigenvalue weighted by Gasteiger charge is -2.27. The van der Waals surface area contributed by atoms with Crippen molar-refractivity contribution in [1.29, 1.82) is 0 Å². The molecule has 0 unspecified atom stereocenters. The highest BCUT2D eigenvalue weighted by Gasteiger charge is 2.21. The number of hydrogen-bond acceptors (Lipinski definition) is 4. The maximum absolute atomic E-state index is 12.5. The summed E-state index contributed by atoms with van der Waals surface area (Å²) in [6, 6.07) is 13.0. The Morgan fingerprint density at radius 2 is 1.89 bits per heavy atom. The largest absolute Gasteiger partial charge is 0.399 e. The molecule has 2 aromatic carbocycles. The molecule has 5 nitrogen and oxygen atoms in total. The first-order chi connectivity index (χ1) is 13.0. The predicted octanol–water partition coefficient (Wildman–Crippen LogP) is 3.88. The number of aromatic nitrogens is 2. The van der Waals surface area contributed by atoms with Crippen LogP contribution in [0.15, 0.2) is 47.3 Å². The van der Waals surface area contributed by atoms with Crippen molar-refractivity contribution >= 4 is 28.9 Å². The van der Waals surface area contributed by atoms with Gasteiger partial charge in [0.2, 0.25) is 0 Å². The van der Waals surface area contributed by atoms with Crippen LogP contribution in [0.1, 0.15) is 16.8 Å². The topological polar surface area (TPSA) is 75.0 Å². The molecule has 27 heavy (non-hydrogen) atoms. The van der Waals surface area contributed by atoms with Crippen molar-refractivity contribution in [2.45, 2.75) is 19.5 Å². The first-order valence-electron chi connectivity index (χ1n) is 8.64. The Morgan fingerprint density at radius 1 is 1.11 bits per heavy atom. The molecule has 0 radical (unpaired) electrons. The monoisotopic (exact) mass is 400 g/mol. The number of benzene rings is 2. The number of hydrogen-bond donors (Lipinski definition) is 2. The molecule has 0 amide bonds. The number of aromatic amines is 1. The van der Waals surface area contributed by atoms with E-state index in [1.807, 2.05) is 24.3 Å². The van der Waals surface area contributed by atoms with E-state index < -0.39 is 0 Å². The maximum atomic E-state index is 12.5. The number of rotatable bonds is 3. The Labute approximate surface area is 166 Å². The van der Waals surface area contributed by atoms with Gasteiger partial charge in [0.1, 0.15) is 5.82 Å². The molecule has 3 aromatic rings. The molecular weight excluding hydrogens is 383 g/mol. The number of nitrogen functional groups attached to an aromatic ring is 1. The minimum Gasteiger partial charge on any atom is -0.399 e. The van der Waals surface area contributed by atoms with Gasteiger partial charge < -0.3 is 10.7 Å². The van der Waals surface area contributed by atoms with E-state index in [4.69, 9.17) is 33.9 Å². The van der Waals surface area contributed by atoms with Gasteiger partial charge in [-0.15, -0.1) is 0 Å². The molecule has 1 aliphatic heterocycles. The van der Waals surface area contributed by atoms with Gasteiger partial charge in [0.25, 0.3) is 5.56 Å². The molecule has 0 bridgehead atoms. The highest BCUT2D eigenvalue weighted by molar-refractivity contribution is 6.42. The summed E-state index contributed by atoms with van der Waals surface area (Å²) in [6.07, 6.45) is 0.668. The first-order valence-corrected chi connectivity index (χ1v) is 9.39. The number of halogens is 2. The number of fused-ring (bicyclic) bond motifs is 1. The van der Waals surface area contributed by atoms with Gasteiger partial charge in [0, 0.05) is 36.4 Å². The lowest BCUT2D eigenvalue weighted by atomic mass is 10.0. The van der Waals surface area contributed by atoms with E-state index in [2.05, 4.69) is 9.88 Å². The molecule has 0 fully saturated rings. The van der Waals surface area contributed by atoms with Crippen LogP contribution in [0.25, 0.3) is 11.4 Å². The third-order valence-electron chi connectivity index (χ3n) is 4.73. The van der Waals surface area contributed by atoms with Crippen LogP contribution in [-0.2, 0) is 19.5 Å². The van der Waals surface area contributed by atoms with E-state index in [-0.39, 0.29) is 5.56 Å². The summed E-state index contributed by atoms with van der Waals surface area (Å²) in [5, 5.41) is 1.09. The van der Waals surface area contributed by atoms with Gasteiger partial charge >= 0.3 is 0 Å². The SMILES string of the molecule is Nc1ccc(-c2nc3c(c(=O)[nH]2)CCN(Cc2ccc(Cl)c(Cl)c2)C3)cc1. The average Bonchev–Trinajstić information content (AvgIpc) is 2.65. The first kappa shape index (κ1) is 18.0. The van der Waals surface area contributed by atoms with Crippen LogP contribution in [0.5, 0.6) is 0 Å². The molecule has 1 aromatic heterocycles. The van der Waals surface area contributed by atoms with E-state index >= 15 is 0 Å². The van der Waals surface area contributed by atoms with Crippen molar-refractivity contribution in [3.63, 3.8) is 0 Å². The fourth-order valence-electron chi connectivity index (χ4n) is 3.30. The normalized spacial score (nSPS) is 14.1. The minimum atomic E-state index is -0.0685. The molecule has 4 rings (SSSR count). The standard InChI is InChI=1S/C20H18Cl2N4O/c21-16-6-1-12(9-17(16)22)10-26-8-7-15-18(11-26)24-19(25-20(15)27)13-2-4-14(23)5-3-13/h1-6,9H,7-8,10-11,23H2,(H,24,25,27). The number of H-pyrrole nitrogens is 1. The number of nitrogens with two attached hydrogens (primary N) is 1. The molecular formula is C20H18Cl2N4O. The lowest BCUT2D eigenvalue weighted by Crippen LogP contribution is -2.35. The number of anilines is 1. The third-order valence-corrected chi connectivity index (χ3v) is 5.47. The second-order valence-electron chi connectivity index (χ2n) is 6.67. The predicted molar refractivity (Wildman–Crippen MR) is 109 cm³/mol. The van der Waals surface area contributed by atoms with Gasteiger partial charge in [0.15, 0.2) is 0 Å². The van der Waals surface area contributed by atoms with Crippen molar-refractivity contribution < 1.29 is 0 Å². The van der Waals surface area contributed by atoms with Gasteiger partial charge in [-0.25, -0.2) is 4.98 Å². The number of nitrogens with one attached hydrogen (secondary N) is 1. The highest BCUT2D eigenvalue weighted by Crippen LogP contribution is 2.25. The van der Waals surface area contributed by atoms with Crippen molar-refractivity contribution in [2.24, 2.45) is 0 Å². The molecule has 0 atom stereocenters. The molecule has 3 N–H and O–H groups in total. The zero-order chi connectivity index (χ0) is 19.0. The summed E-state index contributed by atoms with van der Waals surface area (Å²) in [5.41, 5.74) is 9.84. The summed E-state index contributed by atoms with van der Waals surface area (Å²) >= 11 is 12.1. The second-order valence-corrected chi connectivity index (χ2v) is 7.49. The van der Waals surface area contributed by atoms with Crippen LogP contribution >= 0.6 is 23.2 Å². The van der Waals surface area contributed by atoms with Crippen LogP contribution in [0.2, 0.25) is 10.0 Å². The number of nitrogens with zero attached hydrogens (tertiary/aromatic N) is 2. The zero-order valence-corrected chi connectivity index (χ0v) is 16.0. The maximum Gasteiger partial charge on any atom is 0.254 e.